The first-order valence-corrected chi connectivity index (χ1v) is 8.33. The predicted molar refractivity (Wildman–Crippen MR) is 75.9 cm³/mol. The van der Waals surface area contributed by atoms with Gasteiger partial charge >= 0.3 is 0 Å². The number of carbonyl (C=O) groups is 1. The molecule has 2 fully saturated rings. The van der Waals surface area contributed by atoms with Gasteiger partial charge < -0.3 is 10.1 Å². The van der Waals surface area contributed by atoms with Gasteiger partial charge in [0.2, 0.25) is 5.91 Å². The van der Waals surface area contributed by atoms with Gasteiger partial charge in [0, 0.05) is 18.5 Å². The summed E-state index contributed by atoms with van der Waals surface area (Å²) >= 11 is 3.63. The van der Waals surface area contributed by atoms with Crippen LogP contribution in [-0.2, 0) is 9.53 Å². The van der Waals surface area contributed by atoms with Gasteiger partial charge in [-0.25, -0.2) is 0 Å². The van der Waals surface area contributed by atoms with Crippen molar-refractivity contribution >= 4 is 21.8 Å². The number of hydrogen-bond donors (Lipinski definition) is 1. The van der Waals surface area contributed by atoms with Crippen molar-refractivity contribution in [3.05, 3.63) is 0 Å². The van der Waals surface area contributed by atoms with Crippen LogP contribution in [0, 0.1) is 5.41 Å². The van der Waals surface area contributed by atoms with Crippen molar-refractivity contribution in [1.29, 1.82) is 0 Å². The first-order chi connectivity index (χ1) is 8.76. The maximum Gasteiger partial charge on any atom is 0.249 e. The summed E-state index contributed by atoms with van der Waals surface area (Å²) in [6.45, 7) is 1.54. The number of carbonyl (C=O) groups excluding carboxylic acids is 1. The lowest BCUT2D eigenvalue weighted by molar-refractivity contribution is -0.136. The molecule has 0 aromatic carbocycles. The summed E-state index contributed by atoms with van der Waals surface area (Å²) in [5.74, 6) is 0.0978. The molecule has 1 unspecified atom stereocenters. The Kier molecular flexibility index (Phi) is 5.49. The Morgan fingerprint density at radius 1 is 1.22 bits per heavy atom. The fraction of sp³-hybridized carbons (Fsp3) is 0.929. The Morgan fingerprint density at radius 2 is 2.00 bits per heavy atom. The standard InChI is InChI=1S/C14H24BrNO2/c15-10-14(7-3-1-4-8-14)11-16-13(17)12-6-2-5-9-18-12/h12H,1-11H2,(H,16,17). The lowest BCUT2D eigenvalue weighted by Gasteiger charge is -2.36. The molecule has 1 aliphatic heterocycles. The molecule has 18 heavy (non-hydrogen) atoms. The molecule has 0 aromatic rings. The summed E-state index contributed by atoms with van der Waals surface area (Å²) in [7, 11) is 0. The van der Waals surface area contributed by atoms with E-state index in [1.807, 2.05) is 0 Å². The molecule has 1 atom stereocenters. The van der Waals surface area contributed by atoms with Crippen molar-refractivity contribution in [1.82, 2.24) is 5.32 Å². The van der Waals surface area contributed by atoms with E-state index >= 15 is 0 Å². The molecule has 3 nitrogen and oxygen atoms in total. The molecular weight excluding hydrogens is 294 g/mol. The highest BCUT2D eigenvalue weighted by molar-refractivity contribution is 9.09. The molecule has 1 amide bonds. The van der Waals surface area contributed by atoms with Gasteiger partial charge in [-0.3, -0.25) is 4.79 Å². The molecule has 2 rings (SSSR count). The van der Waals surface area contributed by atoms with Crippen molar-refractivity contribution < 1.29 is 9.53 Å². The number of nitrogens with one attached hydrogen (secondary N) is 1. The number of amides is 1. The number of halogens is 1. The van der Waals surface area contributed by atoms with Gasteiger partial charge in [-0.15, -0.1) is 0 Å². The van der Waals surface area contributed by atoms with Gasteiger partial charge in [0.1, 0.15) is 6.10 Å². The first kappa shape index (κ1) is 14.3. The molecule has 2 aliphatic rings. The van der Waals surface area contributed by atoms with Crippen molar-refractivity contribution in [2.24, 2.45) is 5.41 Å². The molecule has 0 radical (unpaired) electrons. The van der Waals surface area contributed by atoms with Crippen molar-refractivity contribution in [2.75, 3.05) is 18.5 Å². The van der Waals surface area contributed by atoms with Gasteiger partial charge in [0.15, 0.2) is 0 Å². The summed E-state index contributed by atoms with van der Waals surface area (Å²) in [6, 6.07) is 0. The number of hydrogen-bond acceptors (Lipinski definition) is 2. The quantitative estimate of drug-likeness (QED) is 0.809. The average molecular weight is 318 g/mol. The molecule has 4 heteroatoms. The monoisotopic (exact) mass is 317 g/mol. The Morgan fingerprint density at radius 3 is 2.61 bits per heavy atom. The SMILES string of the molecule is O=C(NCC1(CBr)CCCCC1)C1CCCCO1. The summed E-state index contributed by atoms with van der Waals surface area (Å²) < 4.78 is 5.52. The molecule has 1 saturated heterocycles. The second-order valence-electron chi connectivity index (χ2n) is 5.77. The van der Waals surface area contributed by atoms with E-state index in [-0.39, 0.29) is 17.4 Å². The number of rotatable bonds is 4. The largest absolute Gasteiger partial charge is 0.368 e. The molecule has 1 aliphatic carbocycles. The summed E-state index contributed by atoms with van der Waals surface area (Å²) in [6.07, 6.45) is 9.27. The van der Waals surface area contributed by atoms with Crippen molar-refractivity contribution in [2.45, 2.75) is 57.5 Å². The highest BCUT2D eigenvalue weighted by Gasteiger charge is 2.32. The highest BCUT2D eigenvalue weighted by Crippen LogP contribution is 2.37. The third kappa shape index (κ3) is 3.70. The van der Waals surface area contributed by atoms with Crippen LogP contribution in [0.15, 0.2) is 0 Å². The maximum atomic E-state index is 12.0. The van der Waals surface area contributed by atoms with Crippen molar-refractivity contribution in [3.63, 3.8) is 0 Å². The minimum Gasteiger partial charge on any atom is -0.368 e. The van der Waals surface area contributed by atoms with E-state index in [0.29, 0.717) is 0 Å². The van der Waals surface area contributed by atoms with E-state index in [1.165, 1.54) is 32.1 Å². The van der Waals surface area contributed by atoms with E-state index in [0.717, 1.165) is 37.7 Å². The zero-order valence-corrected chi connectivity index (χ0v) is 12.6. The fourth-order valence-corrected chi connectivity index (χ4v) is 3.75. The molecule has 1 N–H and O–H groups in total. The predicted octanol–water partition coefficient (Wildman–Crippen LogP) is 3.02. The highest BCUT2D eigenvalue weighted by atomic mass is 79.9. The Bertz CT molecular complexity index is 271. The van der Waals surface area contributed by atoms with Crippen LogP contribution < -0.4 is 5.32 Å². The maximum absolute atomic E-state index is 12.0. The molecule has 0 spiro atoms. The van der Waals surface area contributed by atoms with Gasteiger partial charge in [-0.1, -0.05) is 35.2 Å². The first-order valence-electron chi connectivity index (χ1n) is 7.21. The van der Waals surface area contributed by atoms with Gasteiger partial charge in [-0.2, -0.15) is 0 Å². The third-order valence-electron chi connectivity index (χ3n) is 4.31. The van der Waals surface area contributed by atoms with Crippen LogP contribution in [0.1, 0.15) is 51.4 Å². The van der Waals surface area contributed by atoms with Crippen LogP contribution in [0.5, 0.6) is 0 Å². The summed E-state index contributed by atoms with van der Waals surface area (Å²) in [5.41, 5.74) is 0.280. The smallest absolute Gasteiger partial charge is 0.249 e. The zero-order valence-electron chi connectivity index (χ0n) is 11.0. The van der Waals surface area contributed by atoms with Crippen LogP contribution in [0.25, 0.3) is 0 Å². The Balaban J connectivity index is 1.79. The molecule has 104 valence electrons. The zero-order chi connectivity index (χ0) is 12.8. The summed E-state index contributed by atoms with van der Waals surface area (Å²) in [4.78, 5) is 12.0. The van der Waals surface area contributed by atoms with E-state index < -0.39 is 0 Å². The minimum atomic E-state index is -0.199. The van der Waals surface area contributed by atoms with E-state index in [2.05, 4.69) is 21.2 Å². The van der Waals surface area contributed by atoms with Crippen LogP contribution >= 0.6 is 15.9 Å². The molecule has 0 bridgehead atoms. The Labute approximate surface area is 118 Å². The molecule has 0 aromatic heterocycles. The topological polar surface area (TPSA) is 38.3 Å². The molecule has 1 saturated carbocycles. The normalized spacial score (nSPS) is 27.7. The fourth-order valence-electron chi connectivity index (χ4n) is 3.00. The van der Waals surface area contributed by atoms with Gasteiger partial charge in [0.25, 0.3) is 0 Å². The lowest BCUT2D eigenvalue weighted by Crippen LogP contribution is -2.45. The van der Waals surface area contributed by atoms with E-state index in [1.54, 1.807) is 0 Å². The van der Waals surface area contributed by atoms with Crippen molar-refractivity contribution in [3.8, 4) is 0 Å². The number of alkyl halides is 1. The third-order valence-corrected chi connectivity index (χ3v) is 5.50. The second kappa shape index (κ2) is 6.90. The van der Waals surface area contributed by atoms with Gasteiger partial charge in [0.05, 0.1) is 0 Å². The van der Waals surface area contributed by atoms with E-state index in [4.69, 9.17) is 4.74 Å². The molecular formula is C14H24BrNO2. The van der Waals surface area contributed by atoms with Crippen LogP contribution in [0.2, 0.25) is 0 Å². The second-order valence-corrected chi connectivity index (χ2v) is 6.33. The van der Waals surface area contributed by atoms with Crippen LogP contribution in [0.4, 0.5) is 0 Å². The van der Waals surface area contributed by atoms with Gasteiger partial charge in [-0.05, 0) is 37.5 Å². The average Bonchev–Trinajstić information content (AvgIpc) is 2.47. The Hall–Kier alpha value is -0.0900. The lowest BCUT2D eigenvalue weighted by atomic mass is 9.75. The summed E-state index contributed by atoms with van der Waals surface area (Å²) in [5, 5.41) is 4.11. The van der Waals surface area contributed by atoms with Crippen LogP contribution in [0.3, 0.4) is 0 Å². The van der Waals surface area contributed by atoms with Crippen LogP contribution in [-0.4, -0.2) is 30.5 Å². The molecule has 1 heterocycles. The minimum absolute atomic E-state index is 0.0978. The number of ether oxygens (including phenoxy) is 1. The van der Waals surface area contributed by atoms with E-state index in [9.17, 15) is 4.79 Å².